The van der Waals surface area contributed by atoms with Gasteiger partial charge in [-0.15, -0.1) is 0 Å². The maximum atomic E-state index is 11.2. The van der Waals surface area contributed by atoms with Gasteiger partial charge in [0.2, 0.25) is 0 Å². The minimum atomic E-state index is -0.765. The van der Waals surface area contributed by atoms with Crippen LogP contribution in [0.3, 0.4) is 0 Å². The third kappa shape index (κ3) is 2.35. The number of nitrogens with two attached hydrogens (primary N) is 2. The fourth-order valence-corrected chi connectivity index (χ4v) is 2.26. The fourth-order valence-electron chi connectivity index (χ4n) is 2.26. The van der Waals surface area contributed by atoms with Crippen molar-refractivity contribution in [3.05, 3.63) is 17.5 Å². The lowest BCUT2D eigenvalue weighted by Crippen LogP contribution is -2.22. The average molecular weight is 252 g/mol. The molecule has 1 saturated carbocycles. The van der Waals surface area contributed by atoms with Crippen molar-refractivity contribution in [2.24, 2.45) is 11.5 Å². The molecule has 5 N–H and O–H groups in total. The number of aliphatic hydroxyl groups is 1. The van der Waals surface area contributed by atoms with Crippen molar-refractivity contribution in [1.82, 2.24) is 9.78 Å². The molecule has 1 fully saturated rings. The number of carbonyl (C=O) groups is 2. The highest BCUT2D eigenvalue weighted by Crippen LogP contribution is 2.28. The van der Waals surface area contributed by atoms with Crippen LogP contribution < -0.4 is 11.5 Å². The molecule has 2 rings (SSSR count). The molecular formula is C11H16N4O3. The molecule has 2 amide bonds. The van der Waals surface area contributed by atoms with Crippen LogP contribution in [0, 0.1) is 0 Å². The molecule has 0 aromatic carbocycles. The van der Waals surface area contributed by atoms with Gasteiger partial charge in [-0.25, -0.2) is 0 Å². The lowest BCUT2D eigenvalue weighted by Gasteiger charge is -2.25. The molecule has 7 nitrogen and oxygen atoms in total. The van der Waals surface area contributed by atoms with E-state index >= 15 is 0 Å². The Hall–Kier alpha value is -1.89. The third-order valence-electron chi connectivity index (χ3n) is 3.27. The zero-order chi connectivity index (χ0) is 13.3. The summed E-state index contributed by atoms with van der Waals surface area (Å²) in [5.41, 5.74) is 10.3. The number of rotatable bonds is 3. The molecule has 0 radical (unpaired) electrons. The van der Waals surface area contributed by atoms with Gasteiger partial charge in [-0.2, -0.15) is 5.10 Å². The predicted octanol–water partition coefficient (Wildman–Crippen LogP) is -0.443. The van der Waals surface area contributed by atoms with E-state index in [0.717, 1.165) is 12.8 Å². The number of hydrogen-bond acceptors (Lipinski definition) is 4. The molecule has 0 atom stereocenters. The predicted molar refractivity (Wildman–Crippen MR) is 62.8 cm³/mol. The first kappa shape index (κ1) is 12.6. The Labute approximate surface area is 104 Å². The maximum absolute atomic E-state index is 11.2. The van der Waals surface area contributed by atoms with Crippen LogP contribution >= 0.6 is 0 Å². The first-order valence-electron chi connectivity index (χ1n) is 5.86. The van der Waals surface area contributed by atoms with Gasteiger partial charge in [0, 0.05) is 6.20 Å². The standard InChI is InChI=1S/C11H16N4O3/c12-10(17)8-5-15(14-9(8)11(13)18)6-1-3-7(16)4-2-6/h5-7,16H,1-4H2,(H2,12,17)(H2,13,18). The summed E-state index contributed by atoms with van der Waals surface area (Å²) in [6.45, 7) is 0. The zero-order valence-corrected chi connectivity index (χ0v) is 9.87. The van der Waals surface area contributed by atoms with Gasteiger partial charge in [0.15, 0.2) is 5.69 Å². The highest BCUT2D eigenvalue weighted by Gasteiger charge is 2.25. The van der Waals surface area contributed by atoms with Crippen molar-refractivity contribution in [2.75, 3.05) is 0 Å². The van der Waals surface area contributed by atoms with Crippen molar-refractivity contribution in [3.63, 3.8) is 0 Å². The summed E-state index contributed by atoms with van der Waals surface area (Å²) in [4.78, 5) is 22.4. The quantitative estimate of drug-likeness (QED) is 0.674. The Balaban J connectivity index is 2.26. The topological polar surface area (TPSA) is 124 Å². The van der Waals surface area contributed by atoms with Gasteiger partial charge in [-0.3, -0.25) is 14.3 Å². The van der Waals surface area contributed by atoms with Crippen LogP contribution in [0.25, 0.3) is 0 Å². The van der Waals surface area contributed by atoms with Gasteiger partial charge < -0.3 is 16.6 Å². The van der Waals surface area contributed by atoms with E-state index in [9.17, 15) is 14.7 Å². The van der Waals surface area contributed by atoms with Crippen molar-refractivity contribution in [3.8, 4) is 0 Å². The molecule has 0 aliphatic heterocycles. The first-order chi connectivity index (χ1) is 8.49. The van der Waals surface area contributed by atoms with E-state index in [-0.39, 0.29) is 23.4 Å². The summed E-state index contributed by atoms with van der Waals surface area (Å²) in [5, 5.41) is 13.5. The molecule has 1 aliphatic carbocycles. The SMILES string of the molecule is NC(=O)c1cn(C2CCC(O)CC2)nc1C(N)=O. The van der Waals surface area contributed by atoms with Crippen LogP contribution in [-0.2, 0) is 0 Å². The summed E-state index contributed by atoms with van der Waals surface area (Å²) < 4.78 is 1.56. The lowest BCUT2D eigenvalue weighted by atomic mass is 9.93. The monoisotopic (exact) mass is 252 g/mol. The Morgan fingerprint density at radius 3 is 2.28 bits per heavy atom. The van der Waals surface area contributed by atoms with Gasteiger partial charge in [0.1, 0.15) is 0 Å². The molecule has 1 heterocycles. The number of primary amides is 2. The fraction of sp³-hybridized carbons (Fsp3) is 0.545. The Morgan fingerprint density at radius 1 is 1.22 bits per heavy atom. The Bertz CT molecular complexity index is 443. The number of nitrogens with zero attached hydrogens (tertiary/aromatic N) is 2. The number of carbonyl (C=O) groups excluding carboxylic acids is 2. The molecule has 0 spiro atoms. The smallest absolute Gasteiger partial charge is 0.270 e. The molecule has 1 aliphatic rings. The van der Waals surface area contributed by atoms with Crippen molar-refractivity contribution >= 4 is 11.8 Å². The number of aromatic nitrogens is 2. The van der Waals surface area contributed by atoms with Gasteiger partial charge in [0.25, 0.3) is 11.8 Å². The molecule has 0 unspecified atom stereocenters. The summed E-state index contributed by atoms with van der Waals surface area (Å²) in [6.07, 6.45) is 4.05. The van der Waals surface area contributed by atoms with E-state index in [1.165, 1.54) is 6.20 Å². The molecule has 0 saturated heterocycles. The zero-order valence-electron chi connectivity index (χ0n) is 9.87. The van der Waals surface area contributed by atoms with E-state index in [4.69, 9.17) is 11.5 Å². The second kappa shape index (κ2) is 4.77. The number of hydrogen-bond donors (Lipinski definition) is 3. The number of amides is 2. The van der Waals surface area contributed by atoms with Crippen LogP contribution in [0.15, 0.2) is 6.20 Å². The summed E-state index contributed by atoms with van der Waals surface area (Å²) in [7, 11) is 0. The van der Waals surface area contributed by atoms with Crippen LogP contribution in [0.5, 0.6) is 0 Å². The van der Waals surface area contributed by atoms with E-state index in [2.05, 4.69) is 5.10 Å². The minimum absolute atomic E-state index is 0.0496. The van der Waals surface area contributed by atoms with E-state index in [1.807, 2.05) is 0 Å². The molecule has 98 valence electrons. The van der Waals surface area contributed by atoms with Gasteiger partial charge in [-0.1, -0.05) is 0 Å². The second-order valence-corrected chi connectivity index (χ2v) is 4.56. The van der Waals surface area contributed by atoms with Crippen molar-refractivity contribution in [1.29, 1.82) is 0 Å². The van der Waals surface area contributed by atoms with Crippen LogP contribution in [-0.4, -0.2) is 32.8 Å². The van der Waals surface area contributed by atoms with E-state index < -0.39 is 11.8 Å². The van der Waals surface area contributed by atoms with E-state index in [1.54, 1.807) is 4.68 Å². The van der Waals surface area contributed by atoms with Crippen molar-refractivity contribution in [2.45, 2.75) is 37.8 Å². The van der Waals surface area contributed by atoms with Crippen LogP contribution in [0.4, 0.5) is 0 Å². The summed E-state index contributed by atoms with van der Waals surface area (Å²) in [5.74, 6) is -1.48. The van der Waals surface area contributed by atoms with Gasteiger partial charge >= 0.3 is 0 Å². The van der Waals surface area contributed by atoms with Gasteiger partial charge in [-0.05, 0) is 25.7 Å². The highest BCUT2D eigenvalue weighted by atomic mass is 16.3. The highest BCUT2D eigenvalue weighted by molar-refractivity contribution is 6.04. The maximum Gasteiger partial charge on any atom is 0.270 e. The Kier molecular flexibility index (Phi) is 3.33. The van der Waals surface area contributed by atoms with Crippen LogP contribution in [0.1, 0.15) is 52.6 Å². The largest absolute Gasteiger partial charge is 0.393 e. The summed E-state index contributed by atoms with van der Waals surface area (Å²) >= 11 is 0. The molecule has 7 heteroatoms. The minimum Gasteiger partial charge on any atom is -0.393 e. The summed E-state index contributed by atoms with van der Waals surface area (Å²) in [6, 6.07) is 0.0691. The van der Waals surface area contributed by atoms with Crippen LogP contribution in [0.2, 0.25) is 0 Å². The molecular weight excluding hydrogens is 236 g/mol. The third-order valence-corrected chi connectivity index (χ3v) is 3.27. The lowest BCUT2D eigenvalue weighted by molar-refractivity contribution is 0.0963. The molecule has 0 bridgehead atoms. The second-order valence-electron chi connectivity index (χ2n) is 4.56. The number of aliphatic hydroxyl groups excluding tert-OH is 1. The molecule has 18 heavy (non-hydrogen) atoms. The molecule has 1 aromatic heterocycles. The normalized spacial score (nSPS) is 23.8. The first-order valence-corrected chi connectivity index (χ1v) is 5.86. The van der Waals surface area contributed by atoms with Crippen molar-refractivity contribution < 1.29 is 14.7 Å². The van der Waals surface area contributed by atoms with E-state index in [0.29, 0.717) is 12.8 Å². The Morgan fingerprint density at radius 2 is 1.83 bits per heavy atom. The van der Waals surface area contributed by atoms with Gasteiger partial charge in [0.05, 0.1) is 17.7 Å². The average Bonchev–Trinajstić information content (AvgIpc) is 2.75. The molecule has 1 aromatic rings.